The molecule has 1 aliphatic rings. The maximum Gasteiger partial charge on any atom is 0.257 e. The first kappa shape index (κ1) is 19.5. The number of rotatable bonds is 5. The minimum Gasteiger partial charge on any atom is -0.353 e. The zero-order valence-corrected chi connectivity index (χ0v) is 17.9. The summed E-state index contributed by atoms with van der Waals surface area (Å²) in [7, 11) is 0. The Labute approximate surface area is 185 Å². The Hall–Kier alpha value is -3.45. The molecule has 7 heteroatoms. The molecule has 0 atom stereocenters. The number of aromatic nitrogens is 3. The van der Waals surface area contributed by atoms with Crippen molar-refractivity contribution in [2.45, 2.75) is 6.54 Å². The van der Waals surface area contributed by atoms with Crippen LogP contribution in [0.25, 0.3) is 10.6 Å². The van der Waals surface area contributed by atoms with Gasteiger partial charge in [0, 0.05) is 38.6 Å². The molecule has 0 N–H and O–H groups in total. The second-order valence-electron chi connectivity index (χ2n) is 7.52. The maximum absolute atomic E-state index is 13.5. The van der Waals surface area contributed by atoms with Crippen molar-refractivity contribution >= 4 is 23.1 Å². The van der Waals surface area contributed by atoms with Gasteiger partial charge < -0.3 is 9.80 Å². The van der Waals surface area contributed by atoms with Gasteiger partial charge in [-0.15, -0.1) is 11.3 Å². The molecule has 0 bridgehead atoms. The molecule has 1 saturated heterocycles. The minimum absolute atomic E-state index is 0.0448. The number of nitrogens with zero attached hydrogens (tertiary/aromatic N) is 5. The highest BCUT2D eigenvalue weighted by molar-refractivity contribution is 7.13. The summed E-state index contributed by atoms with van der Waals surface area (Å²) in [6.07, 6.45) is 3.71. The summed E-state index contributed by atoms with van der Waals surface area (Å²) in [5.41, 5.74) is 2.60. The Balaban J connectivity index is 1.37. The van der Waals surface area contributed by atoms with E-state index in [1.807, 2.05) is 69.7 Å². The third-order valence-electron chi connectivity index (χ3n) is 5.47. The van der Waals surface area contributed by atoms with Crippen molar-refractivity contribution in [3.8, 4) is 10.6 Å². The SMILES string of the molecule is O=C(c1cn(Cc2ccccc2)nc1-c1cccs1)N1CCN(c2ccccn2)CC1. The lowest BCUT2D eigenvalue weighted by Gasteiger charge is -2.35. The second-order valence-corrected chi connectivity index (χ2v) is 8.47. The van der Waals surface area contributed by atoms with E-state index in [0.717, 1.165) is 35.0 Å². The molecule has 3 aromatic heterocycles. The van der Waals surface area contributed by atoms with Crippen LogP contribution in [0.5, 0.6) is 0 Å². The van der Waals surface area contributed by atoms with Gasteiger partial charge in [0.1, 0.15) is 11.5 Å². The quantitative estimate of drug-likeness (QED) is 0.481. The third kappa shape index (κ3) is 4.22. The molecule has 31 heavy (non-hydrogen) atoms. The number of amides is 1. The van der Waals surface area contributed by atoms with E-state index < -0.39 is 0 Å². The van der Waals surface area contributed by atoms with E-state index in [0.29, 0.717) is 25.2 Å². The number of hydrogen-bond donors (Lipinski definition) is 0. The highest BCUT2D eigenvalue weighted by atomic mass is 32.1. The van der Waals surface area contributed by atoms with Gasteiger partial charge in [0.15, 0.2) is 0 Å². The first-order valence-electron chi connectivity index (χ1n) is 10.4. The van der Waals surface area contributed by atoms with Gasteiger partial charge in [0.05, 0.1) is 17.0 Å². The second kappa shape index (κ2) is 8.73. The monoisotopic (exact) mass is 429 g/mol. The van der Waals surface area contributed by atoms with Crippen molar-refractivity contribution in [2.75, 3.05) is 31.1 Å². The van der Waals surface area contributed by atoms with Gasteiger partial charge in [-0.05, 0) is 29.1 Å². The lowest BCUT2D eigenvalue weighted by Crippen LogP contribution is -2.49. The molecule has 1 amide bonds. The zero-order valence-electron chi connectivity index (χ0n) is 17.1. The number of piperazine rings is 1. The van der Waals surface area contributed by atoms with E-state index >= 15 is 0 Å². The fourth-order valence-electron chi connectivity index (χ4n) is 3.87. The Kier molecular flexibility index (Phi) is 5.50. The molecule has 1 aromatic carbocycles. The van der Waals surface area contributed by atoms with Crippen molar-refractivity contribution in [1.29, 1.82) is 0 Å². The molecule has 1 aliphatic heterocycles. The van der Waals surface area contributed by atoms with Gasteiger partial charge in [-0.3, -0.25) is 9.48 Å². The van der Waals surface area contributed by atoms with E-state index in [1.165, 1.54) is 0 Å². The number of carbonyl (C=O) groups is 1. The summed E-state index contributed by atoms with van der Waals surface area (Å²) in [6.45, 7) is 3.52. The summed E-state index contributed by atoms with van der Waals surface area (Å²) in [5, 5.41) is 6.80. The smallest absolute Gasteiger partial charge is 0.257 e. The Morgan fingerprint density at radius 1 is 0.935 bits per heavy atom. The molecular formula is C24H23N5OS. The van der Waals surface area contributed by atoms with Crippen molar-refractivity contribution in [3.05, 3.63) is 89.6 Å². The average Bonchev–Trinajstić information content (AvgIpc) is 3.50. The highest BCUT2D eigenvalue weighted by Gasteiger charge is 2.27. The van der Waals surface area contributed by atoms with E-state index in [9.17, 15) is 4.79 Å². The number of pyridine rings is 1. The van der Waals surface area contributed by atoms with Gasteiger partial charge >= 0.3 is 0 Å². The van der Waals surface area contributed by atoms with Crippen LogP contribution in [-0.2, 0) is 6.54 Å². The lowest BCUT2D eigenvalue weighted by molar-refractivity contribution is 0.0747. The van der Waals surface area contributed by atoms with Gasteiger partial charge in [0.25, 0.3) is 5.91 Å². The van der Waals surface area contributed by atoms with Crippen molar-refractivity contribution in [3.63, 3.8) is 0 Å². The number of benzene rings is 1. The van der Waals surface area contributed by atoms with E-state index in [1.54, 1.807) is 17.5 Å². The van der Waals surface area contributed by atoms with Gasteiger partial charge in [-0.1, -0.05) is 42.5 Å². The summed E-state index contributed by atoms with van der Waals surface area (Å²) < 4.78 is 1.88. The Morgan fingerprint density at radius 2 is 1.74 bits per heavy atom. The van der Waals surface area contributed by atoms with E-state index in [4.69, 9.17) is 5.10 Å². The van der Waals surface area contributed by atoms with Gasteiger partial charge in [0.2, 0.25) is 0 Å². The number of anilines is 1. The summed E-state index contributed by atoms with van der Waals surface area (Å²) in [5.74, 6) is 1.01. The average molecular weight is 430 g/mol. The molecule has 156 valence electrons. The van der Waals surface area contributed by atoms with Crippen LogP contribution in [-0.4, -0.2) is 51.8 Å². The molecule has 4 aromatic rings. The number of carbonyl (C=O) groups excluding carboxylic acids is 1. The molecule has 0 aliphatic carbocycles. The minimum atomic E-state index is 0.0448. The van der Waals surface area contributed by atoms with Crippen LogP contribution in [0.15, 0.2) is 78.4 Å². The van der Waals surface area contributed by atoms with Crippen LogP contribution in [0, 0.1) is 0 Å². The summed E-state index contributed by atoms with van der Waals surface area (Å²) in [4.78, 5) is 23.1. The molecule has 1 fully saturated rings. The van der Waals surface area contributed by atoms with Crippen molar-refractivity contribution in [2.24, 2.45) is 0 Å². The van der Waals surface area contributed by atoms with Crippen molar-refractivity contribution in [1.82, 2.24) is 19.7 Å². The van der Waals surface area contributed by atoms with E-state index in [-0.39, 0.29) is 5.91 Å². The molecule has 4 heterocycles. The Morgan fingerprint density at radius 3 is 2.45 bits per heavy atom. The van der Waals surface area contributed by atoms with Crippen LogP contribution in [0.3, 0.4) is 0 Å². The molecule has 0 spiro atoms. The third-order valence-corrected chi connectivity index (χ3v) is 6.35. The van der Waals surface area contributed by atoms with Crippen LogP contribution >= 0.6 is 11.3 Å². The van der Waals surface area contributed by atoms with Crippen LogP contribution in [0.2, 0.25) is 0 Å². The lowest BCUT2D eigenvalue weighted by atomic mass is 10.1. The summed E-state index contributed by atoms with van der Waals surface area (Å²) >= 11 is 1.61. The fourth-order valence-corrected chi connectivity index (χ4v) is 4.60. The first-order chi connectivity index (χ1) is 15.3. The molecule has 6 nitrogen and oxygen atoms in total. The zero-order chi connectivity index (χ0) is 21.0. The summed E-state index contributed by atoms with van der Waals surface area (Å²) in [6, 6.07) is 20.1. The van der Waals surface area contributed by atoms with Gasteiger partial charge in [-0.25, -0.2) is 4.98 Å². The first-order valence-corrected chi connectivity index (χ1v) is 11.3. The molecule has 0 unspecified atom stereocenters. The maximum atomic E-state index is 13.5. The van der Waals surface area contributed by atoms with E-state index in [2.05, 4.69) is 22.0 Å². The normalized spacial score (nSPS) is 14.1. The number of thiophene rings is 1. The van der Waals surface area contributed by atoms with Crippen LogP contribution in [0.4, 0.5) is 5.82 Å². The standard InChI is InChI=1S/C24H23N5OS/c30-24(28-14-12-27(13-15-28)22-10-4-5-11-25-22)20-18-29(17-19-7-2-1-3-8-19)26-23(20)21-9-6-16-31-21/h1-11,16,18H,12-15,17H2. The topological polar surface area (TPSA) is 54.3 Å². The molecule has 0 saturated carbocycles. The largest absolute Gasteiger partial charge is 0.353 e. The van der Waals surface area contributed by atoms with Crippen LogP contribution in [0.1, 0.15) is 15.9 Å². The highest BCUT2D eigenvalue weighted by Crippen LogP contribution is 2.28. The van der Waals surface area contributed by atoms with Gasteiger partial charge in [-0.2, -0.15) is 5.10 Å². The van der Waals surface area contributed by atoms with Crippen LogP contribution < -0.4 is 4.90 Å². The number of hydrogen-bond acceptors (Lipinski definition) is 5. The molecule has 5 rings (SSSR count). The van der Waals surface area contributed by atoms with Crippen molar-refractivity contribution < 1.29 is 4.79 Å². The Bertz CT molecular complexity index is 1130. The predicted octanol–water partition coefficient (Wildman–Crippen LogP) is 4.02. The molecule has 0 radical (unpaired) electrons. The molecular weight excluding hydrogens is 406 g/mol. The predicted molar refractivity (Wildman–Crippen MR) is 123 cm³/mol. The fraction of sp³-hybridized carbons (Fsp3) is 0.208.